The van der Waals surface area contributed by atoms with Gasteiger partial charge in [-0.05, 0) is 30.9 Å². The molecule has 4 nitrogen and oxygen atoms in total. The second-order valence-corrected chi connectivity index (χ2v) is 6.37. The number of carbonyl (C=O) groups is 1. The Labute approximate surface area is 155 Å². The Morgan fingerprint density at radius 2 is 1.80 bits per heavy atom. The Morgan fingerprint density at radius 1 is 1.08 bits per heavy atom. The van der Waals surface area contributed by atoms with Crippen molar-refractivity contribution in [3.63, 3.8) is 0 Å². The second-order valence-electron chi connectivity index (χ2n) is 6.37. The lowest BCUT2D eigenvalue weighted by Gasteiger charge is -2.14. The van der Waals surface area contributed by atoms with E-state index in [0.29, 0.717) is 13.2 Å². The summed E-state index contributed by atoms with van der Waals surface area (Å²) in [6, 6.07) is 18.1. The molecule has 25 heavy (non-hydrogen) atoms. The van der Waals surface area contributed by atoms with Gasteiger partial charge in [-0.15, -0.1) is 12.4 Å². The number of hydrogen-bond acceptors (Lipinski definition) is 3. The average molecular weight is 361 g/mol. The lowest BCUT2D eigenvalue weighted by Crippen LogP contribution is -2.30. The van der Waals surface area contributed by atoms with Crippen LogP contribution in [0.15, 0.2) is 54.6 Å². The van der Waals surface area contributed by atoms with Gasteiger partial charge in [0.15, 0.2) is 0 Å². The fraction of sp³-hybridized carbons (Fsp3) is 0.350. The predicted molar refractivity (Wildman–Crippen MR) is 102 cm³/mol. The van der Waals surface area contributed by atoms with E-state index < -0.39 is 0 Å². The van der Waals surface area contributed by atoms with E-state index in [1.54, 1.807) is 0 Å². The Balaban J connectivity index is 0.00000225. The van der Waals surface area contributed by atoms with Crippen molar-refractivity contribution in [2.24, 2.45) is 11.7 Å². The third-order valence-corrected chi connectivity index (χ3v) is 4.51. The predicted octanol–water partition coefficient (Wildman–Crippen LogP) is 3.43. The molecule has 0 aliphatic heterocycles. The molecule has 1 aliphatic rings. The molecule has 2 aromatic carbocycles. The van der Waals surface area contributed by atoms with Gasteiger partial charge in [0, 0.05) is 24.1 Å². The number of carbonyl (C=O) groups excluding carboxylic acids is 1. The molecule has 0 spiro atoms. The maximum absolute atomic E-state index is 12.2. The molecule has 2 unspecified atom stereocenters. The van der Waals surface area contributed by atoms with Gasteiger partial charge in [-0.25, -0.2) is 0 Å². The Hall–Kier alpha value is -2.04. The van der Waals surface area contributed by atoms with Gasteiger partial charge in [-0.2, -0.15) is 0 Å². The van der Waals surface area contributed by atoms with Crippen LogP contribution in [0.2, 0.25) is 0 Å². The van der Waals surface area contributed by atoms with Crippen molar-refractivity contribution in [3.05, 3.63) is 65.7 Å². The Morgan fingerprint density at radius 3 is 2.52 bits per heavy atom. The van der Waals surface area contributed by atoms with Crippen LogP contribution in [0.5, 0.6) is 5.75 Å². The van der Waals surface area contributed by atoms with E-state index >= 15 is 0 Å². The molecule has 0 bridgehead atoms. The molecule has 1 amide bonds. The summed E-state index contributed by atoms with van der Waals surface area (Å²) in [5.41, 5.74) is 8.00. The van der Waals surface area contributed by atoms with E-state index in [1.807, 2.05) is 54.6 Å². The second kappa shape index (κ2) is 9.44. The number of para-hydroxylation sites is 1. The first kappa shape index (κ1) is 19.3. The fourth-order valence-corrected chi connectivity index (χ4v) is 3.11. The fourth-order valence-electron chi connectivity index (χ4n) is 3.11. The van der Waals surface area contributed by atoms with Crippen LogP contribution in [0.4, 0.5) is 0 Å². The van der Waals surface area contributed by atoms with Crippen molar-refractivity contribution < 1.29 is 9.53 Å². The molecule has 2 atom stereocenters. The minimum absolute atomic E-state index is 0. The number of nitrogens with two attached hydrogens (primary N) is 1. The Kier molecular flexibility index (Phi) is 7.29. The Bertz CT molecular complexity index is 678. The van der Waals surface area contributed by atoms with E-state index in [9.17, 15) is 4.79 Å². The number of hydrogen-bond donors (Lipinski definition) is 2. The summed E-state index contributed by atoms with van der Waals surface area (Å²) >= 11 is 0. The maximum atomic E-state index is 12.2. The van der Waals surface area contributed by atoms with Crippen molar-refractivity contribution in [1.82, 2.24) is 5.32 Å². The standard InChI is InChI=1S/C20H24N2O2.ClH/c21-18-11-10-16(12-18)20(23)22-13-17-8-4-5-9-19(17)24-14-15-6-2-1-3-7-15;/h1-9,16,18H,10-14,21H2,(H,22,23);1H. The summed E-state index contributed by atoms with van der Waals surface area (Å²) in [5.74, 6) is 0.961. The number of ether oxygens (including phenoxy) is 1. The number of benzene rings is 2. The van der Waals surface area contributed by atoms with Crippen molar-refractivity contribution in [2.75, 3.05) is 0 Å². The van der Waals surface area contributed by atoms with Crippen molar-refractivity contribution >= 4 is 18.3 Å². The van der Waals surface area contributed by atoms with Crippen molar-refractivity contribution in [2.45, 2.75) is 38.5 Å². The summed E-state index contributed by atoms with van der Waals surface area (Å²) < 4.78 is 5.93. The summed E-state index contributed by atoms with van der Waals surface area (Å²) in [6.07, 6.45) is 2.62. The molecule has 5 heteroatoms. The summed E-state index contributed by atoms with van der Waals surface area (Å²) in [5, 5.41) is 3.03. The maximum Gasteiger partial charge on any atom is 0.223 e. The van der Waals surface area contributed by atoms with E-state index in [2.05, 4.69) is 5.32 Å². The monoisotopic (exact) mass is 360 g/mol. The molecule has 0 radical (unpaired) electrons. The molecule has 1 aliphatic carbocycles. The van der Waals surface area contributed by atoms with Crippen molar-refractivity contribution in [1.29, 1.82) is 0 Å². The molecule has 2 aromatic rings. The summed E-state index contributed by atoms with van der Waals surface area (Å²) in [4.78, 5) is 12.2. The summed E-state index contributed by atoms with van der Waals surface area (Å²) in [6.45, 7) is 0.999. The van der Waals surface area contributed by atoms with Crippen LogP contribution in [-0.4, -0.2) is 11.9 Å². The van der Waals surface area contributed by atoms with E-state index in [-0.39, 0.29) is 30.3 Å². The van der Waals surface area contributed by atoms with Crippen LogP contribution in [0.1, 0.15) is 30.4 Å². The molecule has 0 saturated heterocycles. The molecule has 134 valence electrons. The van der Waals surface area contributed by atoms with Crippen LogP contribution in [-0.2, 0) is 17.9 Å². The molecule has 3 N–H and O–H groups in total. The minimum Gasteiger partial charge on any atom is -0.489 e. The lowest BCUT2D eigenvalue weighted by atomic mass is 10.1. The quantitative estimate of drug-likeness (QED) is 0.829. The highest BCUT2D eigenvalue weighted by atomic mass is 35.5. The van der Waals surface area contributed by atoms with E-state index in [1.165, 1.54) is 0 Å². The van der Waals surface area contributed by atoms with Gasteiger partial charge in [-0.1, -0.05) is 48.5 Å². The van der Waals surface area contributed by atoms with E-state index in [4.69, 9.17) is 10.5 Å². The third-order valence-electron chi connectivity index (χ3n) is 4.51. The molecule has 3 rings (SSSR count). The molecule has 0 heterocycles. The van der Waals surface area contributed by atoms with Gasteiger partial charge >= 0.3 is 0 Å². The zero-order valence-corrected chi connectivity index (χ0v) is 15.0. The van der Waals surface area contributed by atoms with Crippen LogP contribution >= 0.6 is 12.4 Å². The highest BCUT2D eigenvalue weighted by molar-refractivity contribution is 5.85. The molecule has 1 saturated carbocycles. The van der Waals surface area contributed by atoms with Gasteiger partial charge in [-0.3, -0.25) is 4.79 Å². The molecule has 1 fully saturated rings. The number of amides is 1. The van der Waals surface area contributed by atoms with Crippen LogP contribution < -0.4 is 15.8 Å². The minimum atomic E-state index is 0. The first-order valence-electron chi connectivity index (χ1n) is 8.50. The molecular weight excluding hydrogens is 336 g/mol. The molecule has 0 aromatic heterocycles. The number of halogens is 1. The average Bonchev–Trinajstić information content (AvgIpc) is 3.06. The van der Waals surface area contributed by atoms with Crippen LogP contribution in [0, 0.1) is 5.92 Å². The highest BCUT2D eigenvalue weighted by Gasteiger charge is 2.27. The normalized spacial score (nSPS) is 19.1. The van der Waals surface area contributed by atoms with Gasteiger partial charge < -0.3 is 15.8 Å². The van der Waals surface area contributed by atoms with E-state index in [0.717, 1.165) is 36.1 Å². The van der Waals surface area contributed by atoms with Crippen molar-refractivity contribution in [3.8, 4) is 5.75 Å². The van der Waals surface area contributed by atoms with Crippen LogP contribution in [0.3, 0.4) is 0 Å². The molecular formula is C20H25ClN2O2. The first-order chi connectivity index (χ1) is 11.7. The third kappa shape index (κ3) is 5.48. The van der Waals surface area contributed by atoms with Gasteiger partial charge in [0.1, 0.15) is 12.4 Å². The van der Waals surface area contributed by atoms with Crippen LogP contribution in [0.25, 0.3) is 0 Å². The SMILES string of the molecule is Cl.NC1CCC(C(=O)NCc2ccccc2OCc2ccccc2)C1. The van der Waals surface area contributed by atoms with Gasteiger partial charge in [0.2, 0.25) is 5.91 Å². The number of nitrogens with one attached hydrogen (secondary N) is 1. The highest BCUT2D eigenvalue weighted by Crippen LogP contribution is 2.25. The first-order valence-corrected chi connectivity index (χ1v) is 8.50. The van der Waals surface area contributed by atoms with Gasteiger partial charge in [0.05, 0.1) is 0 Å². The largest absolute Gasteiger partial charge is 0.489 e. The zero-order chi connectivity index (χ0) is 16.8. The van der Waals surface area contributed by atoms with Gasteiger partial charge in [0.25, 0.3) is 0 Å². The smallest absolute Gasteiger partial charge is 0.223 e. The summed E-state index contributed by atoms with van der Waals surface area (Å²) in [7, 11) is 0. The topological polar surface area (TPSA) is 64.4 Å². The zero-order valence-electron chi connectivity index (χ0n) is 14.2. The lowest BCUT2D eigenvalue weighted by molar-refractivity contribution is -0.125. The number of rotatable bonds is 6.